The molecular weight excluding hydrogens is 196 g/mol. The molecule has 0 saturated carbocycles. The van der Waals surface area contributed by atoms with Gasteiger partial charge in [0.1, 0.15) is 0 Å². The first-order chi connectivity index (χ1) is 7.86. The molecule has 2 rings (SSSR count). The van der Waals surface area contributed by atoms with E-state index in [1.165, 1.54) is 5.57 Å². The molecule has 0 radical (unpaired) electrons. The van der Waals surface area contributed by atoms with Crippen molar-refractivity contribution in [2.45, 2.75) is 32.1 Å². The van der Waals surface area contributed by atoms with E-state index in [0.717, 1.165) is 32.1 Å². The maximum atomic E-state index is 11.9. The molecule has 0 amide bonds. The molecule has 0 aliphatic heterocycles. The summed E-state index contributed by atoms with van der Waals surface area (Å²) < 4.78 is 0. The molecule has 0 heterocycles. The van der Waals surface area contributed by atoms with Crippen LogP contribution in [0.4, 0.5) is 0 Å². The van der Waals surface area contributed by atoms with Crippen molar-refractivity contribution in [1.82, 2.24) is 0 Å². The van der Waals surface area contributed by atoms with Crippen molar-refractivity contribution >= 4 is 5.78 Å². The Bertz CT molecular complexity index is 369. The van der Waals surface area contributed by atoms with Crippen LogP contribution in [0.1, 0.15) is 32.1 Å². The molecule has 0 fully saturated rings. The number of ketones is 1. The van der Waals surface area contributed by atoms with Gasteiger partial charge in [-0.1, -0.05) is 36.5 Å². The molecule has 0 aromatic rings. The Morgan fingerprint density at radius 2 is 2.19 bits per heavy atom. The summed E-state index contributed by atoms with van der Waals surface area (Å²) in [5.74, 6) is 0.369. The maximum absolute atomic E-state index is 11.9. The summed E-state index contributed by atoms with van der Waals surface area (Å²) in [7, 11) is 0. The fourth-order valence-corrected chi connectivity index (χ4v) is 2.11. The number of carbonyl (C=O) groups excluding carboxylic acids is 1. The van der Waals surface area contributed by atoms with Crippen molar-refractivity contribution in [3.63, 3.8) is 0 Å². The lowest BCUT2D eigenvalue weighted by Gasteiger charge is -2.12. The van der Waals surface area contributed by atoms with Crippen molar-refractivity contribution in [3.05, 3.63) is 48.1 Å². The van der Waals surface area contributed by atoms with Crippen molar-refractivity contribution < 1.29 is 4.79 Å². The maximum Gasteiger partial charge on any atom is 0.162 e. The van der Waals surface area contributed by atoms with E-state index >= 15 is 0 Å². The van der Waals surface area contributed by atoms with E-state index in [1.54, 1.807) is 6.08 Å². The number of rotatable bonds is 3. The minimum atomic E-state index is 0.123. The molecule has 2 aliphatic rings. The van der Waals surface area contributed by atoms with E-state index < -0.39 is 0 Å². The second kappa shape index (κ2) is 5.64. The third-order valence-electron chi connectivity index (χ3n) is 3.08. The summed E-state index contributed by atoms with van der Waals surface area (Å²) >= 11 is 0. The van der Waals surface area contributed by atoms with Crippen molar-refractivity contribution in [3.8, 4) is 0 Å². The Kier molecular flexibility index (Phi) is 3.92. The average molecular weight is 214 g/mol. The van der Waals surface area contributed by atoms with Gasteiger partial charge < -0.3 is 0 Å². The highest BCUT2D eigenvalue weighted by atomic mass is 16.1. The largest absolute Gasteiger partial charge is 0.294 e. The van der Waals surface area contributed by atoms with Gasteiger partial charge in [0.25, 0.3) is 0 Å². The van der Waals surface area contributed by atoms with Crippen LogP contribution in [-0.2, 0) is 4.79 Å². The predicted molar refractivity (Wildman–Crippen MR) is 67.1 cm³/mol. The zero-order valence-corrected chi connectivity index (χ0v) is 9.56. The Morgan fingerprint density at radius 1 is 1.25 bits per heavy atom. The molecule has 0 bridgehead atoms. The molecule has 1 nitrogen and oxygen atoms in total. The Labute approximate surface area is 97.2 Å². The zero-order chi connectivity index (χ0) is 11.2. The van der Waals surface area contributed by atoms with Gasteiger partial charge in [0.2, 0.25) is 0 Å². The van der Waals surface area contributed by atoms with Crippen LogP contribution in [0.25, 0.3) is 0 Å². The first-order valence-electron chi connectivity index (χ1n) is 6.11. The molecule has 1 unspecified atom stereocenters. The number of hydrogen-bond donors (Lipinski definition) is 0. The molecular formula is C15H18O. The highest BCUT2D eigenvalue weighted by Gasteiger charge is 2.14. The van der Waals surface area contributed by atoms with Gasteiger partial charge in [-0.2, -0.15) is 0 Å². The minimum Gasteiger partial charge on any atom is -0.294 e. The van der Waals surface area contributed by atoms with Gasteiger partial charge in [0.15, 0.2) is 5.78 Å². The molecule has 1 heteroatoms. The summed E-state index contributed by atoms with van der Waals surface area (Å²) in [6.07, 6.45) is 19.8. The van der Waals surface area contributed by atoms with Gasteiger partial charge in [-0.3, -0.25) is 4.79 Å². The van der Waals surface area contributed by atoms with Gasteiger partial charge in [0, 0.05) is 5.92 Å². The summed E-state index contributed by atoms with van der Waals surface area (Å²) in [5, 5.41) is 0. The standard InChI is InChI=1S/C15H18O/c16-15(14-9-5-2-6-10-14)12-11-13-7-3-1-4-8-13/h3,5,7-9,11-12,14H,1-2,4,6,10H2/b12-11+. The van der Waals surface area contributed by atoms with Crippen LogP contribution in [0.15, 0.2) is 48.1 Å². The lowest BCUT2D eigenvalue weighted by atomic mass is 9.91. The van der Waals surface area contributed by atoms with Crippen LogP contribution < -0.4 is 0 Å². The Morgan fingerprint density at radius 3 is 2.88 bits per heavy atom. The minimum absolute atomic E-state index is 0.123. The average Bonchev–Trinajstić information content (AvgIpc) is 2.38. The number of allylic oxidation sites excluding steroid dienone is 8. The molecule has 16 heavy (non-hydrogen) atoms. The van der Waals surface area contributed by atoms with Gasteiger partial charge >= 0.3 is 0 Å². The lowest BCUT2D eigenvalue weighted by Crippen LogP contribution is -2.11. The molecule has 0 aromatic carbocycles. The van der Waals surface area contributed by atoms with E-state index in [9.17, 15) is 4.79 Å². The number of carbonyl (C=O) groups is 1. The summed E-state index contributed by atoms with van der Waals surface area (Å²) in [6, 6.07) is 0. The molecule has 0 aromatic heterocycles. The smallest absolute Gasteiger partial charge is 0.162 e. The predicted octanol–water partition coefficient (Wildman–Crippen LogP) is 3.74. The topological polar surface area (TPSA) is 17.1 Å². The van der Waals surface area contributed by atoms with E-state index in [0.29, 0.717) is 0 Å². The van der Waals surface area contributed by atoms with Crippen molar-refractivity contribution in [2.75, 3.05) is 0 Å². The van der Waals surface area contributed by atoms with Crippen LogP contribution in [0.2, 0.25) is 0 Å². The van der Waals surface area contributed by atoms with E-state index in [2.05, 4.69) is 30.4 Å². The second-order valence-electron chi connectivity index (χ2n) is 4.39. The van der Waals surface area contributed by atoms with Crippen LogP contribution in [-0.4, -0.2) is 5.78 Å². The molecule has 2 aliphatic carbocycles. The fourth-order valence-electron chi connectivity index (χ4n) is 2.11. The van der Waals surface area contributed by atoms with Crippen LogP contribution in [0.5, 0.6) is 0 Å². The highest BCUT2D eigenvalue weighted by molar-refractivity contribution is 5.93. The summed E-state index contributed by atoms with van der Waals surface area (Å²) in [6.45, 7) is 0. The Balaban J connectivity index is 1.93. The normalized spacial score (nSPS) is 24.8. The summed E-state index contributed by atoms with van der Waals surface area (Å²) in [4.78, 5) is 11.9. The fraction of sp³-hybridized carbons (Fsp3) is 0.400. The van der Waals surface area contributed by atoms with Crippen molar-refractivity contribution in [2.24, 2.45) is 5.92 Å². The first-order valence-corrected chi connectivity index (χ1v) is 6.11. The van der Waals surface area contributed by atoms with Gasteiger partial charge in [-0.15, -0.1) is 0 Å². The van der Waals surface area contributed by atoms with Crippen molar-refractivity contribution in [1.29, 1.82) is 0 Å². The molecule has 0 spiro atoms. The highest BCUT2D eigenvalue weighted by Crippen LogP contribution is 2.19. The quantitative estimate of drug-likeness (QED) is 0.516. The number of hydrogen-bond acceptors (Lipinski definition) is 1. The van der Waals surface area contributed by atoms with E-state index in [-0.39, 0.29) is 11.7 Å². The molecule has 84 valence electrons. The third kappa shape index (κ3) is 3.06. The molecule has 1 atom stereocenters. The van der Waals surface area contributed by atoms with Gasteiger partial charge in [-0.05, 0) is 43.8 Å². The van der Waals surface area contributed by atoms with E-state index in [1.807, 2.05) is 6.08 Å². The lowest BCUT2D eigenvalue weighted by molar-refractivity contribution is -0.117. The van der Waals surface area contributed by atoms with Crippen LogP contribution in [0, 0.1) is 5.92 Å². The van der Waals surface area contributed by atoms with Gasteiger partial charge in [0.05, 0.1) is 0 Å². The molecule has 0 saturated heterocycles. The summed E-state index contributed by atoms with van der Waals surface area (Å²) in [5.41, 5.74) is 1.17. The second-order valence-corrected chi connectivity index (χ2v) is 4.39. The van der Waals surface area contributed by atoms with Crippen LogP contribution in [0.3, 0.4) is 0 Å². The van der Waals surface area contributed by atoms with Gasteiger partial charge in [-0.25, -0.2) is 0 Å². The van der Waals surface area contributed by atoms with E-state index in [4.69, 9.17) is 0 Å². The zero-order valence-electron chi connectivity index (χ0n) is 9.56. The monoisotopic (exact) mass is 214 g/mol. The third-order valence-corrected chi connectivity index (χ3v) is 3.08. The van der Waals surface area contributed by atoms with Crippen LogP contribution >= 0.6 is 0 Å². The molecule has 0 N–H and O–H groups in total. The first kappa shape index (κ1) is 11.1. The Hall–Kier alpha value is -1.37. The SMILES string of the molecule is O=C(/C=C/C1=CCCC=C1)C1C=CCCC1.